The van der Waals surface area contributed by atoms with Gasteiger partial charge in [-0.3, -0.25) is 4.79 Å². The normalized spacial score (nSPS) is 10.7. The Morgan fingerprint density at radius 2 is 2.25 bits per heavy atom. The summed E-state index contributed by atoms with van der Waals surface area (Å²) in [4.78, 5) is 11.3. The molecule has 16 heavy (non-hydrogen) atoms. The van der Waals surface area contributed by atoms with Crippen LogP contribution in [0.4, 0.5) is 4.39 Å². The van der Waals surface area contributed by atoms with Crippen LogP contribution in [-0.4, -0.2) is 11.5 Å². The van der Waals surface area contributed by atoms with E-state index in [4.69, 9.17) is 17.0 Å². The minimum Gasteiger partial charge on any atom is -0.301 e. The monoisotopic (exact) mass is 239 g/mol. The average Bonchev–Trinajstić information content (AvgIpc) is 2.26. The van der Waals surface area contributed by atoms with Gasteiger partial charge < -0.3 is 5.41 Å². The fourth-order valence-corrected chi connectivity index (χ4v) is 1.31. The van der Waals surface area contributed by atoms with Crippen LogP contribution in [0.1, 0.15) is 18.9 Å². The molecule has 0 bridgehead atoms. The molecule has 0 aliphatic rings. The van der Waals surface area contributed by atoms with Crippen molar-refractivity contribution in [2.45, 2.75) is 13.3 Å². The summed E-state index contributed by atoms with van der Waals surface area (Å²) in [6, 6.07) is 3.93. The summed E-state index contributed by atoms with van der Waals surface area (Å²) in [6.45, 7) is 1.74. The number of benzene rings is 1. The first-order valence-corrected chi connectivity index (χ1v) is 5.17. The minimum atomic E-state index is -0.422. The van der Waals surface area contributed by atoms with Crippen molar-refractivity contribution in [1.29, 1.82) is 5.41 Å². The highest BCUT2D eigenvalue weighted by molar-refractivity contribution is 6.43. The van der Waals surface area contributed by atoms with Gasteiger partial charge in [-0.2, -0.15) is 0 Å². The van der Waals surface area contributed by atoms with Crippen molar-refractivity contribution in [3.8, 4) is 0 Å². The van der Waals surface area contributed by atoms with Gasteiger partial charge >= 0.3 is 0 Å². The maximum absolute atomic E-state index is 12.7. The molecule has 0 saturated heterocycles. The molecule has 1 aromatic rings. The number of rotatable bonds is 4. The van der Waals surface area contributed by atoms with Gasteiger partial charge in [-0.1, -0.05) is 24.6 Å². The third-order valence-electron chi connectivity index (χ3n) is 2.03. The van der Waals surface area contributed by atoms with Crippen molar-refractivity contribution in [3.05, 3.63) is 40.7 Å². The van der Waals surface area contributed by atoms with Crippen LogP contribution in [0.15, 0.2) is 24.3 Å². The summed E-state index contributed by atoms with van der Waals surface area (Å²) in [5.74, 6) is -0.780. The van der Waals surface area contributed by atoms with E-state index in [0.717, 1.165) is 0 Å². The molecule has 4 heteroatoms. The van der Waals surface area contributed by atoms with Gasteiger partial charge in [0.05, 0.1) is 10.7 Å². The van der Waals surface area contributed by atoms with Crippen LogP contribution in [-0.2, 0) is 4.79 Å². The molecule has 1 rings (SSSR count). The first-order valence-electron chi connectivity index (χ1n) is 4.79. The number of hydrogen-bond donors (Lipinski definition) is 1. The van der Waals surface area contributed by atoms with Crippen LogP contribution in [0.3, 0.4) is 0 Å². The molecule has 0 fully saturated rings. The lowest BCUT2D eigenvalue weighted by atomic mass is 10.1. The van der Waals surface area contributed by atoms with Gasteiger partial charge in [-0.05, 0) is 36.3 Å². The summed E-state index contributed by atoms with van der Waals surface area (Å²) in [5, 5.41) is 7.55. The Labute approximate surface area is 98.2 Å². The number of ketones is 1. The first-order chi connectivity index (χ1) is 7.54. The van der Waals surface area contributed by atoms with E-state index in [-0.39, 0.29) is 16.5 Å². The third-order valence-corrected chi connectivity index (χ3v) is 2.36. The van der Waals surface area contributed by atoms with Gasteiger partial charge in [-0.25, -0.2) is 4.39 Å². The van der Waals surface area contributed by atoms with Gasteiger partial charge in [0.1, 0.15) is 5.82 Å². The van der Waals surface area contributed by atoms with E-state index in [0.29, 0.717) is 12.0 Å². The largest absolute Gasteiger partial charge is 0.301 e. The zero-order chi connectivity index (χ0) is 12.1. The topological polar surface area (TPSA) is 40.9 Å². The lowest BCUT2D eigenvalue weighted by molar-refractivity contribution is -0.109. The van der Waals surface area contributed by atoms with Gasteiger partial charge in [-0.15, -0.1) is 0 Å². The van der Waals surface area contributed by atoms with Gasteiger partial charge in [0.25, 0.3) is 0 Å². The Kier molecular flexibility index (Phi) is 4.38. The number of halogens is 2. The van der Waals surface area contributed by atoms with E-state index >= 15 is 0 Å². The van der Waals surface area contributed by atoms with Crippen molar-refractivity contribution in [2.75, 3.05) is 0 Å². The Morgan fingerprint density at radius 3 is 2.81 bits per heavy atom. The van der Waals surface area contributed by atoms with Crippen LogP contribution in [0.5, 0.6) is 0 Å². The zero-order valence-corrected chi connectivity index (χ0v) is 9.51. The number of carbonyl (C=O) groups excluding carboxylic acids is 1. The van der Waals surface area contributed by atoms with Crippen LogP contribution in [0, 0.1) is 11.2 Å². The second-order valence-electron chi connectivity index (χ2n) is 3.20. The standard InChI is InChI=1S/C12H11ClFNO/c1-2-11(15)12(16)6-4-8-3-5-9(14)7-10(8)13/h3-7,15H,2H2,1H3/b6-4+,15-11?. The molecule has 0 radical (unpaired) electrons. The van der Waals surface area contributed by atoms with Crippen molar-refractivity contribution in [1.82, 2.24) is 0 Å². The predicted molar refractivity (Wildman–Crippen MR) is 63.5 cm³/mol. The highest BCUT2D eigenvalue weighted by Crippen LogP contribution is 2.18. The maximum atomic E-state index is 12.7. The number of allylic oxidation sites excluding steroid dienone is 1. The fraction of sp³-hybridized carbons (Fsp3) is 0.167. The molecule has 0 spiro atoms. The van der Waals surface area contributed by atoms with Crippen molar-refractivity contribution in [2.24, 2.45) is 0 Å². The second-order valence-corrected chi connectivity index (χ2v) is 3.60. The highest BCUT2D eigenvalue weighted by Gasteiger charge is 2.03. The van der Waals surface area contributed by atoms with Crippen LogP contribution in [0.25, 0.3) is 6.08 Å². The molecule has 84 valence electrons. The lowest BCUT2D eigenvalue weighted by Gasteiger charge is -1.98. The Morgan fingerprint density at radius 1 is 1.56 bits per heavy atom. The minimum absolute atomic E-state index is 0.0366. The van der Waals surface area contributed by atoms with Gasteiger partial charge in [0, 0.05) is 0 Å². The fourth-order valence-electron chi connectivity index (χ4n) is 1.08. The SMILES string of the molecule is CCC(=N)C(=O)/C=C/c1ccc(F)cc1Cl. The Bertz CT molecular complexity index is 454. The molecule has 0 heterocycles. The smallest absolute Gasteiger partial charge is 0.199 e. The summed E-state index contributed by atoms with van der Waals surface area (Å²) < 4.78 is 12.7. The van der Waals surface area contributed by atoms with E-state index in [1.807, 2.05) is 0 Å². The molecular weight excluding hydrogens is 229 g/mol. The van der Waals surface area contributed by atoms with E-state index in [1.54, 1.807) is 6.92 Å². The average molecular weight is 240 g/mol. The second kappa shape index (κ2) is 5.56. The molecule has 0 saturated carbocycles. The quantitative estimate of drug-likeness (QED) is 0.634. The number of carbonyl (C=O) groups is 1. The van der Waals surface area contributed by atoms with Gasteiger partial charge in [0.2, 0.25) is 0 Å². The predicted octanol–water partition coefficient (Wildman–Crippen LogP) is 3.49. The Hall–Kier alpha value is -1.48. The lowest BCUT2D eigenvalue weighted by Crippen LogP contribution is -2.07. The summed E-state index contributed by atoms with van der Waals surface area (Å²) >= 11 is 5.77. The van der Waals surface area contributed by atoms with Crippen molar-refractivity contribution in [3.63, 3.8) is 0 Å². The van der Waals surface area contributed by atoms with E-state index < -0.39 is 5.82 Å². The van der Waals surface area contributed by atoms with Crippen LogP contribution >= 0.6 is 11.6 Å². The highest BCUT2D eigenvalue weighted by atomic mass is 35.5. The molecule has 0 amide bonds. The molecule has 0 aromatic heterocycles. The summed E-state index contributed by atoms with van der Waals surface area (Å²) in [5.41, 5.74) is 0.592. The van der Waals surface area contributed by atoms with Gasteiger partial charge in [0.15, 0.2) is 5.78 Å². The maximum Gasteiger partial charge on any atom is 0.199 e. The molecule has 1 aromatic carbocycles. The van der Waals surface area contributed by atoms with Crippen LogP contribution < -0.4 is 0 Å². The number of nitrogens with one attached hydrogen (secondary N) is 1. The molecule has 0 aliphatic carbocycles. The molecule has 0 aliphatic heterocycles. The number of hydrogen-bond acceptors (Lipinski definition) is 2. The summed E-state index contributed by atoms with van der Waals surface area (Å²) in [7, 11) is 0. The first kappa shape index (κ1) is 12.6. The molecule has 1 N–H and O–H groups in total. The van der Waals surface area contributed by atoms with Crippen molar-refractivity contribution < 1.29 is 9.18 Å². The third kappa shape index (κ3) is 3.28. The molecular formula is C12H11ClFNO. The molecule has 0 unspecified atom stereocenters. The molecule has 0 atom stereocenters. The Balaban J connectivity index is 2.84. The molecule has 2 nitrogen and oxygen atoms in total. The van der Waals surface area contributed by atoms with Crippen LogP contribution in [0.2, 0.25) is 5.02 Å². The summed E-state index contributed by atoms with van der Waals surface area (Å²) in [6.07, 6.45) is 3.14. The van der Waals surface area contributed by atoms with E-state index in [2.05, 4.69) is 0 Å². The van der Waals surface area contributed by atoms with Crippen molar-refractivity contribution >= 4 is 29.2 Å². The van der Waals surface area contributed by atoms with E-state index in [1.165, 1.54) is 30.4 Å². The zero-order valence-electron chi connectivity index (χ0n) is 8.76. The van der Waals surface area contributed by atoms with E-state index in [9.17, 15) is 9.18 Å².